The number of aromatic nitrogens is 3. The number of hydrogen-bond donors (Lipinski definition) is 0. The molecule has 0 bridgehead atoms. The van der Waals surface area contributed by atoms with Crippen LogP contribution in [0, 0.1) is 17.6 Å². The molecular formula is C12H12ClF2N3O2S. The Labute approximate surface area is 125 Å². The summed E-state index contributed by atoms with van der Waals surface area (Å²) >= 11 is 0. The molecule has 5 nitrogen and oxygen atoms in total. The first-order valence-electron chi connectivity index (χ1n) is 6.03. The summed E-state index contributed by atoms with van der Waals surface area (Å²) in [6.07, 6.45) is 0. The molecule has 1 aromatic carbocycles. The Kier molecular flexibility index (Phi) is 4.29. The monoisotopic (exact) mass is 335 g/mol. The van der Waals surface area contributed by atoms with Crippen LogP contribution in [0.1, 0.15) is 13.8 Å². The topological polar surface area (TPSA) is 64.8 Å². The molecule has 0 aliphatic rings. The molecule has 2 rings (SSSR count). The van der Waals surface area contributed by atoms with Gasteiger partial charge in [-0.2, -0.15) is 0 Å². The van der Waals surface area contributed by atoms with Gasteiger partial charge in [0.15, 0.2) is 17.5 Å². The highest BCUT2D eigenvalue weighted by Crippen LogP contribution is 2.25. The van der Waals surface area contributed by atoms with Gasteiger partial charge >= 0.3 is 0 Å². The molecule has 0 spiro atoms. The van der Waals surface area contributed by atoms with Crippen LogP contribution < -0.4 is 0 Å². The first-order chi connectivity index (χ1) is 9.70. The summed E-state index contributed by atoms with van der Waals surface area (Å²) in [5, 5.41) is 6.86. The lowest BCUT2D eigenvalue weighted by Crippen LogP contribution is -2.12. The molecule has 1 heterocycles. The lowest BCUT2D eigenvalue weighted by molar-refractivity contribution is 0.487. The van der Waals surface area contributed by atoms with Gasteiger partial charge < -0.3 is 0 Å². The minimum absolute atomic E-state index is 0.0715. The number of benzene rings is 1. The third-order valence-corrected chi connectivity index (χ3v) is 3.81. The van der Waals surface area contributed by atoms with Gasteiger partial charge in [0.05, 0.1) is 0 Å². The third-order valence-electron chi connectivity index (χ3n) is 2.66. The van der Waals surface area contributed by atoms with Crippen molar-refractivity contribution in [3.05, 3.63) is 29.8 Å². The van der Waals surface area contributed by atoms with E-state index in [0.29, 0.717) is 0 Å². The van der Waals surface area contributed by atoms with Gasteiger partial charge in [0.25, 0.3) is 14.2 Å². The summed E-state index contributed by atoms with van der Waals surface area (Å²) in [7, 11) is 1.23. The van der Waals surface area contributed by atoms with Crippen molar-refractivity contribution in [1.82, 2.24) is 14.8 Å². The Morgan fingerprint density at radius 3 is 2.43 bits per heavy atom. The third kappa shape index (κ3) is 3.38. The second kappa shape index (κ2) is 5.69. The largest absolute Gasteiger partial charge is 0.297 e. The Hall–Kier alpha value is -1.54. The van der Waals surface area contributed by atoms with Crippen LogP contribution in [-0.4, -0.2) is 23.2 Å². The lowest BCUT2D eigenvalue weighted by Gasteiger charge is -2.11. The van der Waals surface area contributed by atoms with E-state index in [9.17, 15) is 17.2 Å². The van der Waals surface area contributed by atoms with E-state index in [1.165, 1.54) is 10.6 Å². The van der Waals surface area contributed by atoms with Crippen molar-refractivity contribution in [3.63, 3.8) is 0 Å². The van der Waals surface area contributed by atoms with Gasteiger partial charge in [-0.1, -0.05) is 13.8 Å². The van der Waals surface area contributed by atoms with Crippen LogP contribution in [0.25, 0.3) is 11.4 Å². The van der Waals surface area contributed by atoms with Gasteiger partial charge in [-0.15, -0.1) is 10.2 Å². The highest BCUT2D eigenvalue weighted by molar-refractivity contribution is 8.13. The molecule has 0 radical (unpaired) electrons. The number of nitrogens with zero attached hydrogens (tertiary/aromatic N) is 3. The van der Waals surface area contributed by atoms with Crippen LogP contribution in [0.2, 0.25) is 0 Å². The van der Waals surface area contributed by atoms with Gasteiger partial charge in [-0.3, -0.25) is 4.57 Å². The zero-order chi connectivity index (χ0) is 15.8. The maximum absolute atomic E-state index is 13.3. The van der Waals surface area contributed by atoms with E-state index in [1.807, 2.05) is 13.8 Å². The molecule has 2 aromatic rings. The van der Waals surface area contributed by atoms with E-state index >= 15 is 0 Å². The molecule has 1 aromatic heterocycles. The number of hydrogen-bond acceptors (Lipinski definition) is 4. The van der Waals surface area contributed by atoms with Gasteiger partial charge in [0.2, 0.25) is 0 Å². The van der Waals surface area contributed by atoms with E-state index in [-0.39, 0.29) is 23.9 Å². The zero-order valence-electron chi connectivity index (χ0n) is 11.2. The molecule has 0 saturated carbocycles. The molecule has 0 unspecified atom stereocenters. The van der Waals surface area contributed by atoms with E-state index < -0.39 is 25.8 Å². The molecule has 0 saturated heterocycles. The van der Waals surface area contributed by atoms with Crippen molar-refractivity contribution < 1.29 is 17.2 Å². The fraction of sp³-hybridized carbons (Fsp3) is 0.333. The predicted octanol–water partition coefficient (Wildman–Crippen LogP) is 2.81. The molecule has 114 valence electrons. The zero-order valence-corrected chi connectivity index (χ0v) is 12.8. The molecular weight excluding hydrogens is 324 g/mol. The predicted molar refractivity (Wildman–Crippen MR) is 73.3 cm³/mol. The van der Waals surface area contributed by atoms with Crippen molar-refractivity contribution >= 4 is 19.7 Å². The van der Waals surface area contributed by atoms with E-state index in [4.69, 9.17) is 10.7 Å². The fourth-order valence-electron chi connectivity index (χ4n) is 1.85. The minimum atomic E-state index is -4.09. The fourth-order valence-corrected chi connectivity index (χ4v) is 2.75. The highest BCUT2D eigenvalue weighted by Gasteiger charge is 2.24. The Morgan fingerprint density at radius 1 is 1.24 bits per heavy atom. The van der Waals surface area contributed by atoms with Crippen molar-refractivity contribution in [2.45, 2.75) is 25.5 Å². The average molecular weight is 336 g/mol. The smallest absolute Gasteiger partial charge is 0.296 e. The van der Waals surface area contributed by atoms with Crippen LogP contribution in [0.3, 0.4) is 0 Å². The average Bonchev–Trinajstić information content (AvgIpc) is 2.75. The number of halogens is 3. The molecule has 0 aliphatic heterocycles. The van der Waals surface area contributed by atoms with Gasteiger partial charge in [0.1, 0.15) is 0 Å². The van der Waals surface area contributed by atoms with Gasteiger partial charge in [-0.25, -0.2) is 17.2 Å². The van der Waals surface area contributed by atoms with Crippen LogP contribution in [0.4, 0.5) is 8.78 Å². The molecule has 21 heavy (non-hydrogen) atoms. The highest BCUT2D eigenvalue weighted by atomic mass is 35.7. The quantitative estimate of drug-likeness (QED) is 0.806. The second-order valence-electron chi connectivity index (χ2n) is 4.88. The van der Waals surface area contributed by atoms with E-state index in [0.717, 1.165) is 12.1 Å². The normalized spacial score (nSPS) is 12.1. The summed E-state index contributed by atoms with van der Waals surface area (Å²) in [6, 6.07) is 3.17. The molecule has 9 heteroatoms. The molecule has 0 fully saturated rings. The first kappa shape index (κ1) is 15.8. The second-order valence-corrected chi connectivity index (χ2v) is 7.34. The lowest BCUT2D eigenvalue weighted by atomic mass is 10.2. The van der Waals surface area contributed by atoms with Crippen molar-refractivity contribution in [2.75, 3.05) is 0 Å². The Bertz CT molecular complexity index is 775. The van der Waals surface area contributed by atoms with Gasteiger partial charge in [0, 0.05) is 22.8 Å². The maximum Gasteiger partial charge on any atom is 0.296 e. The molecule has 0 N–H and O–H groups in total. The van der Waals surface area contributed by atoms with E-state index in [1.54, 1.807) is 0 Å². The summed E-state index contributed by atoms with van der Waals surface area (Å²) in [4.78, 5) is 0. The standard InChI is InChI=1S/C12H12ClF2N3O2S/c1-7(2)6-18-11(16-17-12(18)21(13,19)20)8-3-4-9(14)10(15)5-8/h3-5,7H,6H2,1-2H3. The Morgan fingerprint density at radius 2 is 1.90 bits per heavy atom. The summed E-state index contributed by atoms with van der Waals surface area (Å²) in [5.74, 6) is -1.87. The summed E-state index contributed by atoms with van der Waals surface area (Å²) in [6.45, 7) is 3.99. The van der Waals surface area contributed by atoms with Crippen LogP contribution >= 0.6 is 10.7 Å². The van der Waals surface area contributed by atoms with Crippen molar-refractivity contribution in [2.24, 2.45) is 5.92 Å². The molecule has 0 atom stereocenters. The maximum atomic E-state index is 13.3. The van der Waals surface area contributed by atoms with Crippen LogP contribution in [-0.2, 0) is 15.6 Å². The SMILES string of the molecule is CC(C)Cn1c(-c2ccc(F)c(F)c2)nnc1S(=O)(=O)Cl. The van der Waals surface area contributed by atoms with Gasteiger partial charge in [-0.05, 0) is 24.1 Å². The minimum Gasteiger partial charge on any atom is -0.297 e. The summed E-state index contributed by atoms with van der Waals surface area (Å²) in [5.41, 5.74) is 0.216. The van der Waals surface area contributed by atoms with Crippen LogP contribution in [0.15, 0.2) is 23.4 Å². The van der Waals surface area contributed by atoms with E-state index in [2.05, 4.69) is 10.2 Å². The number of rotatable bonds is 4. The Balaban J connectivity index is 2.63. The van der Waals surface area contributed by atoms with Crippen molar-refractivity contribution in [3.8, 4) is 11.4 Å². The molecule has 0 amide bonds. The summed E-state index contributed by atoms with van der Waals surface area (Å²) < 4.78 is 50.6. The first-order valence-corrected chi connectivity index (χ1v) is 8.34. The van der Waals surface area contributed by atoms with Crippen LogP contribution in [0.5, 0.6) is 0 Å². The van der Waals surface area contributed by atoms with Crippen molar-refractivity contribution in [1.29, 1.82) is 0 Å². The molecule has 0 aliphatic carbocycles.